The van der Waals surface area contributed by atoms with E-state index in [2.05, 4.69) is 18.5 Å². The fourth-order valence-corrected chi connectivity index (χ4v) is 1.52. The lowest BCUT2D eigenvalue weighted by Crippen LogP contribution is -2.16. The summed E-state index contributed by atoms with van der Waals surface area (Å²) in [5.41, 5.74) is 6.64. The van der Waals surface area contributed by atoms with E-state index >= 15 is 0 Å². The first-order valence-electron chi connectivity index (χ1n) is 6.00. The summed E-state index contributed by atoms with van der Waals surface area (Å²) in [6.45, 7) is 11.0. The van der Waals surface area contributed by atoms with E-state index in [1.54, 1.807) is 18.2 Å². The molecule has 0 saturated carbocycles. The van der Waals surface area contributed by atoms with Gasteiger partial charge in [0.15, 0.2) is 0 Å². The number of anilines is 1. The molecule has 3 N–H and O–H groups in total. The van der Waals surface area contributed by atoms with E-state index in [0.29, 0.717) is 15.7 Å². The summed E-state index contributed by atoms with van der Waals surface area (Å²) in [6.07, 6.45) is 2.75. The third-order valence-corrected chi connectivity index (χ3v) is 2.90. The van der Waals surface area contributed by atoms with Crippen LogP contribution in [0, 0.1) is 0 Å². The molecule has 0 radical (unpaired) electrons. The first kappa shape index (κ1) is 21.6. The number of nitrogens with one attached hydrogen (secondary N) is 1. The minimum absolute atomic E-state index is 0. The molecule has 0 aliphatic carbocycles. The normalized spacial score (nSPS) is 10.1. The van der Waals surface area contributed by atoms with Gasteiger partial charge in [0, 0.05) is 11.4 Å². The van der Waals surface area contributed by atoms with Gasteiger partial charge in [-0.25, -0.2) is 0 Å². The largest absolute Gasteiger partial charge is 0.398 e. The van der Waals surface area contributed by atoms with Crippen LogP contribution >= 0.6 is 23.2 Å². The van der Waals surface area contributed by atoms with Crippen LogP contribution in [0.2, 0.25) is 10.0 Å². The highest BCUT2D eigenvalue weighted by Crippen LogP contribution is 2.25. The molecule has 0 saturated heterocycles. The molecule has 0 unspecified atom stereocenters. The van der Waals surface area contributed by atoms with E-state index in [9.17, 15) is 4.79 Å². The molecule has 1 rings (SSSR count). The Labute approximate surface area is 137 Å². The van der Waals surface area contributed by atoms with Crippen LogP contribution in [-0.2, 0) is 4.79 Å². The predicted octanol–water partition coefficient (Wildman–Crippen LogP) is 5.18. The number of carbonyl (C=O) groups excluding carboxylic acids is 1. The van der Waals surface area contributed by atoms with Gasteiger partial charge in [0.2, 0.25) is 0 Å². The topological polar surface area (TPSA) is 55.1 Å². The van der Waals surface area contributed by atoms with Crippen LogP contribution < -0.4 is 11.1 Å². The molecule has 5 heteroatoms. The monoisotopic (exact) mass is 328 g/mol. The summed E-state index contributed by atoms with van der Waals surface area (Å²) in [6, 6.07) is 4.77. The Hall–Kier alpha value is -1.71. The van der Waals surface area contributed by atoms with Crippen molar-refractivity contribution in [2.24, 2.45) is 5.73 Å². The van der Waals surface area contributed by atoms with Gasteiger partial charge in [0.1, 0.15) is 0 Å². The zero-order valence-electron chi connectivity index (χ0n) is 11.5. The summed E-state index contributed by atoms with van der Waals surface area (Å²) in [4.78, 5) is 11.9. The number of allylic oxidation sites excluding steroid dienone is 1. The summed E-state index contributed by atoms with van der Waals surface area (Å²) >= 11 is 11.6. The highest BCUT2D eigenvalue weighted by Gasteiger charge is 2.10. The summed E-state index contributed by atoms with van der Waals surface area (Å²) in [5.74, 6) is -0.388. The van der Waals surface area contributed by atoms with Crippen molar-refractivity contribution >= 4 is 34.8 Å². The Morgan fingerprint density at radius 1 is 1.19 bits per heavy atom. The summed E-state index contributed by atoms with van der Waals surface area (Å²) in [7, 11) is 0. The number of carbonyl (C=O) groups is 1. The lowest BCUT2D eigenvalue weighted by atomic mass is 10.2. The molecule has 21 heavy (non-hydrogen) atoms. The van der Waals surface area contributed by atoms with E-state index in [-0.39, 0.29) is 24.6 Å². The molecule has 0 aliphatic heterocycles. The number of benzene rings is 1. The van der Waals surface area contributed by atoms with Gasteiger partial charge < -0.3 is 11.1 Å². The number of amides is 1. The van der Waals surface area contributed by atoms with Gasteiger partial charge in [-0.2, -0.15) is 0 Å². The van der Waals surface area contributed by atoms with Gasteiger partial charge in [0.05, 0.1) is 15.6 Å². The van der Waals surface area contributed by atoms with Crippen molar-refractivity contribution in [2.75, 3.05) is 5.32 Å². The standard InChI is InChI=1S/C13H12Cl2N2O.C2H6.CH4/c1-3-9(12(16)4-2)13(18)17-8-5-6-10(14)11(15)7-8;1-2;/h3-7H,1-2,16H2,(H,17,18);1-2H3;1H4/b12-9-;;. The second-order valence-corrected chi connectivity index (χ2v) is 4.17. The van der Waals surface area contributed by atoms with E-state index in [1.165, 1.54) is 12.2 Å². The third-order valence-electron chi connectivity index (χ3n) is 2.16. The molecular weight excluding hydrogens is 307 g/mol. The molecule has 1 aromatic rings. The minimum atomic E-state index is -0.388. The smallest absolute Gasteiger partial charge is 0.257 e. The van der Waals surface area contributed by atoms with Gasteiger partial charge in [0.25, 0.3) is 5.91 Å². The van der Waals surface area contributed by atoms with Crippen LogP contribution in [0.25, 0.3) is 0 Å². The summed E-state index contributed by atoms with van der Waals surface area (Å²) < 4.78 is 0. The molecule has 0 fully saturated rings. The Morgan fingerprint density at radius 2 is 1.76 bits per heavy atom. The molecule has 1 amide bonds. The maximum atomic E-state index is 11.9. The first-order valence-corrected chi connectivity index (χ1v) is 6.76. The average Bonchev–Trinajstić information content (AvgIpc) is 2.45. The molecule has 3 nitrogen and oxygen atoms in total. The van der Waals surface area contributed by atoms with Crippen LogP contribution in [0.5, 0.6) is 0 Å². The lowest BCUT2D eigenvalue weighted by molar-refractivity contribution is -0.112. The molecule has 0 atom stereocenters. The second kappa shape index (κ2) is 11.0. The van der Waals surface area contributed by atoms with Gasteiger partial charge in [-0.15, -0.1) is 0 Å². The predicted molar refractivity (Wildman–Crippen MR) is 94.8 cm³/mol. The van der Waals surface area contributed by atoms with Crippen LogP contribution in [0.4, 0.5) is 5.69 Å². The Kier molecular flexibility index (Phi) is 11.3. The highest BCUT2D eigenvalue weighted by atomic mass is 35.5. The fourth-order valence-electron chi connectivity index (χ4n) is 1.22. The van der Waals surface area contributed by atoms with Gasteiger partial charge in [-0.1, -0.05) is 63.7 Å². The van der Waals surface area contributed by atoms with Crippen molar-refractivity contribution in [3.8, 4) is 0 Å². The number of rotatable bonds is 4. The molecule has 0 bridgehead atoms. The quantitative estimate of drug-likeness (QED) is 0.591. The number of hydrogen-bond donors (Lipinski definition) is 2. The van der Waals surface area contributed by atoms with E-state index in [1.807, 2.05) is 13.8 Å². The van der Waals surface area contributed by atoms with E-state index in [0.717, 1.165) is 0 Å². The maximum Gasteiger partial charge on any atom is 0.257 e. The lowest BCUT2D eigenvalue weighted by Gasteiger charge is -2.08. The Bertz CT molecular complexity index is 537. The van der Waals surface area contributed by atoms with Gasteiger partial charge >= 0.3 is 0 Å². The molecule has 0 heterocycles. The molecule has 0 aliphatic rings. The maximum absolute atomic E-state index is 11.9. The molecular formula is C16H22Cl2N2O. The van der Waals surface area contributed by atoms with Crippen molar-refractivity contribution in [3.05, 3.63) is 64.8 Å². The number of nitrogens with two attached hydrogens (primary N) is 1. The molecule has 0 spiro atoms. The van der Waals surface area contributed by atoms with Crippen LogP contribution in [0.3, 0.4) is 0 Å². The van der Waals surface area contributed by atoms with Crippen molar-refractivity contribution in [2.45, 2.75) is 21.3 Å². The molecule has 116 valence electrons. The average molecular weight is 329 g/mol. The van der Waals surface area contributed by atoms with Crippen LogP contribution in [0.15, 0.2) is 54.8 Å². The molecule has 0 aromatic heterocycles. The van der Waals surface area contributed by atoms with Crippen LogP contribution in [0.1, 0.15) is 21.3 Å². The number of hydrogen-bond acceptors (Lipinski definition) is 2. The van der Waals surface area contributed by atoms with Crippen molar-refractivity contribution in [1.82, 2.24) is 0 Å². The highest BCUT2D eigenvalue weighted by molar-refractivity contribution is 6.42. The molecule has 1 aromatic carbocycles. The fraction of sp³-hybridized carbons (Fsp3) is 0.188. The SMILES string of the molecule is C.C=C/C(N)=C(\C=C)C(=O)Nc1ccc(Cl)c(Cl)c1.CC. The van der Waals surface area contributed by atoms with Crippen molar-refractivity contribution < 1.29 is 4.79 Å². The zero-order valence-corrected chi connectivity index (χ0v) is 13.1. The van der Waals surface area contributed by atoms with Gasteiger partial charge in [-0.05, 0) is 24.3 Å². The van der Waals surface area contributed by atoms with E-state index < -0.39 is 0 Å². The Morgan fingerprint density at radius 3 is 2.19 bits per heavy atom. The third kappa shape index (κ3) is 6.52. The van der Waals surface area contributed by atoms with Gasteiger partial charge in [-0.3, -0.25) is 4.79 Å². The van der Waals surface area contributed by atoms with Crippen molar-refractivity contribution in [1.29, 1.82) is 0 Å². The van der Waals surface area contributed by atoms with Crippen molar-refractivity contribution in [3.63, 3.8) is 0 Å². The second-order valence-electron chi connectivity index (χ2n) is 3.36. The minimum Gasteiger partial charge on any atom is -0.398 e. The van der Waals surface area contributed by atoms with E-state index in [4.69, 9.17) is 28.9 Å². The summed E-state index contributed by atoms with van der Waals surface area (Å²) in [5, 5.41) is 3.41. The van der Waals surface area contributed by atoms with Crippen LogP contribution in [-0.4, -0.2) is 5.91 Å². The zero-order chi connectivity index (χ0) is 15.7. The Balaban J connectivity index is 0. The number of halogens is 2. The first-order chi connectivity index (χ1) is 9.49.